The van der Waals surface area contributed by atoms with Crippen molar-refractivity contribution in [1.82, 2.24) is 4.57 Å². The summed E-state index contributed by atoms with van der Waals surface area (Å²) in [6.07, 6.45) is 2.43. The van der Waals surface area contributed by atoms with Crippen molar-refractivity contribution in [2.75, 3.05) is 11.1 Å². The Morgan fingerprint density at radius 3 is 2.60 bits per heavy atom. The fraction of sp³-hybridized carbons (Fsp3) is 0.214. The van der Waals surface area contributed by atoms with Crippen LogP contribution in [0.2, 0.25) is 0 Å². The highest BCUT2D eigenvalue weighted by atomic mass is 19.1. The molecule has 1 heterocycles. The van der Waals surface area contributed by atoms with E-state index in [0.29, 0.717) is 12.2 Å². The molecule has 0 aliphatic rings. The largest absolute Gasteiger partial charge is 0.397 e. The van der Waals surface area contributed by atoms with E-state index in [-0.39, 0.29) is 5.69 Å². The average Bonchev–Trinajstić information content (AvgIpc) is 2.75. The third kappa shape index (κ3) is 2.79. The molecule has 1 aromatic carbocycles. The van der Waals surface area contributed by atoms with Crippen LogP contribution in [-0.4, -0.2) is 10.5 Å². The molecular weight excluding hydrogens is 264 g/mol. The van der Waals surface area contributed by atoms with E-state index in [0.717, 1.165) is 18.6 Å². The van der Waals surface area contributed by atoms with Crippen molar-refractivity contribution < 1.29 is 13.6 Å². The number of nitrogens with zero attached hydrogens (tertiary/aromatic N) is 1. The van der Waals surface area contributed by atoms with Gasteiger partial charge in [0, 0.05) is 12.7 Å². The first-order valence-electron chi connectivity index (χ1n) is 6.24. The molecule has 0 aliphatic heterocycles. The van der Waals surface area contributed by atoms with Crippen LogP contribution >= 0.6 is 0 Å². The van der Waals surface area contributed by atoms with E-state index in [1.165, 1.54) is 12.1 Å². The second kappa shape index (κ2) is 5.73. The zero-order valence-electron chi connectivity index (χ0n) is 11.0. The molecule has 0 bridgehead atoms. The van der Waals surface area contributed by atoms with E-state index in [1.807, 2.05) is 6.92 Å². The smallest absolute Gasteiger partial charge is 0.272 e. The van der Waals surface area contributed by atoms with Gasteiger partial charge in [0.05, 0.1) is 5.69 Å². The van der Waals surface area contributed by atoms with Gasteiger partial charge < -0.3 is 15.6 Å². The van der Waals surface area contributed by atoms with Crippen molar-refractivity contribution in [2.24, 2.45) is 0 Å². The number of nitrogen functional groups attached to an aromatic ring is 1. The van der Waals surface area contributed by atoms with Crippen molar-refractivity contribution in [3.63, 3.8) is 0 Å². The van der Waals surface area contributed by atoms with Gasteiger partial charge >= 0.3 is 0 Å². The molecule has 0 atom stereocenters. The van der Waals surface area contributed by atoms with Gasteiger partial charge in [-0.1, -0.05) is 13.0 Å². The lowest BCUT2D eigenvalue weighted by Crippen LogP contribution is -2.18. The maximum absolute atomic E-state index is 13.5. The number of benzene rings is 1. The minimum absolute atomic E-state index is 0.270. The van der Waals surface area contributed by atoms with Crippen molar-refractivity contribution in [3.05, 3.63) is 47.8 Å². The summed E-state index contributed by atoms with van der Waals surface area (Å²) in [5.41, 5.74) is 5.89. The summed E-state index contributed by atoms with van der Waals surface area (Å²) in [6.45, 7) is 2.55. The molecule has 4 nitrogen and oxygen atoms in total. The molecule has 0 saturated heterocycles. The number of nitrogens with two attached hydrogens (primary N) is 1. The summed E-state index contributed by atoms with van der Waals surface area (Å²) in [5.74, 6) is -2.24. The van der Waals surface area contributed by atoms with Gasteiger partial charge in [0.1, 0.15) is 23.0 Å². The Balaban J connectivity index is 2.28. The van der Waals surface area contributed by atoms with Gasteiger partial charge in [0.15, 0.2) is 0 Å². The van der Waals surface area contributed by atoms with E-state index >= 15 is 0 Å². The van der Waals surface area contributed by atoms with E-state index in [9.17, 15) is 13.6 Å². The second-order valence-corrected chi connectivity index (χ2v) is 4.40. The topological polar surface area (TPSA) is 60.0 Å². The number of rotatable bonds is 4. The molecule has 1 amide bonds. The van der Waals surface area contributed by atoms with Gasteiger partial charge in [-0.15, -0.1) is 0 Å². The fourth-order valence-corrected chi connectivity index (χ4v) is 1.94. The molecule has 0 radical (unpaired) electrons. The number of para-hydroxylation sites is 1. The number of aryl methyl sites for hydroxylation is 1. The predicted octanol–water partition coefficient (Wildman–Crippen LogP) is 3.01. The number of nitrogens with one attached hydrogen (secondary N) is 1. The molecule has 0 saturated carbocycles. The van der Waals surface area contributed by atoms with E-state index in [4.69, 9.17) is 5.73 Å². The number of hydrogen-bond acceptors (Lipinski definition) is 2. The molecule has 6 heteroatoms. The Labute approximate surface area is 115 Å². The minimum Gasteiger partial charge on any atom is -0.397 e. The third-order valence-electron chi connectivity index (χ3n) is 2.82. The Hall–Kier alpha value is -2.37. The predicted molar refractivity (Wildman–Crippen MR) is 73.4 cm³/mol. The number of halogens is 2. The van der Waals surface area contributed by atoms with Gasteiger partial charge in [0.2, 0.25) is 0 Å². The van der Waals surface area contributed by atoms with Crippen LogP contribution in [-0.2, 0) is 6.54 Å². The van der Waals surface area contributed by atoms with Crippen LogP contribution in [0.1, 0.15) is 23.8 Å². The quantitative estimate of drug-likeness (QED) is 0.903. The molecular formula is C14H15F2N3O. The zero-order chi connectivity index (χ0) is 14.7. The number of amides is 1. The zero-order valence-corrected chi connectivity index (χ0v) is 11.0. The minimum atomic E-state index is -0.820. The molecule has 106 valence electrons. The van der Waals surface area contributed by atoms with Gasteiger partial charge in [-0.3, -0.25) is 4.79 Å². The van der Waals surface area contributed by atoms with Crippen LogP contribution in [0.4, 0.5) is 20.2 Å². The lowest BCUT2D eigenvalue weighted by atomic mass is 10.2. The van der Waals surface area contributed by atoms with Crippen molar-refractivity contribution in [1.29, 1.82) is 0 Å². The number of hydrogen-bond donors (Lipinski definition) is 2. The maximum Gasteiger partial charge on any atom is 0.272 e. The highest BCUT2D eigenvalue weighted by molar-refractivity contribution is 6.04. The van der Waals surface area contributed by atoms with Crippen LogP contribution in [0, 0.1) is 11.6 Å². The first kappa shape index (κ1) is 14.0. The van der Waals surface area contributed by atoms with Gasteiger partial charge in [-0.25, -0.2) is 8.78 Å². The Morgan fingerprint density at radius 1 is 1.35 bits per heavy atom. The Kier molecular flexibility index (Phi) is 4.02. The molecule has 0 aliphatic carbocycles. The molecule has 0 fully saturated rings. The second-order valence-electron chi connectivity index (χ2n) is 4.40. The maximum atomic E-state index is 13.5. The molecule has 1 aromatic heterocycles. The highest BCUT2D eigenvalue weighted by Crippen LogP contribution is 2.20. The van der Waals surface area contributed by atoms with Crippen LogP contribution in [0.3, 0.4) is 0 Å². The van der Waals surface area contributed by atoms with Crippen LogP contribution in [0.5, 0.6) is 0 Å². The summed E-state index contributed by atoms with van der Waals surface area (Å²) >= 11 is 0. The molecule has 2 rings (SSSR count). The van der Waals surface area contributed by atoms with E-state index < -0.39 is 23.2 Å². The Bertz CT molecular complexity index is 617. The standard InChI is InChI=1S/C14H15F2N3O/c1-2-6-19-8-9(17)7-12(19)14(20)18-13-10(15)4-3-5-11(13)16/h3-5,7-8H,2,6,17H2,1H3,(H,18,20). The molecule has 0 unspecified atom stereocenters. The van der Waals surface area contributed by atoms with Gasteiger partial charge in [0.25, 0.3) is 5.91 Å². The Morgan fingerprint density at radius 2 is 2.00 bits per heavy atom. The summed E-state index contributed by atoms with van der Waals surface area (Å²) in [6, 6.07) is 4.87. The summed E-state index contributed by atoms with van der Waals surface area (Å²) in [4.78, 5) is 12.1. The first-order valence-corrected chi connectivity index (χ1v) is 6.24. The van der Waals surface area contributed by atoms with Crippen molar-refractivity contribution in [3.8, 4) is 0 Å². The lowest BCUT2D eigenvalue weighted by Gasteiger charge is -2.09. The molecule has 20 heavy (non-hydrogen) atoms. The lowest BCUT2D eigenvalue weighted by molar-refractivity contribution is 0.101. The number of carbonyl (C=O) groups is 1. The van der Waals surface area contributed by atoms with Gasteiger partial charge in [-0.05, 0) is 24.6 Å². The molecule has 3 N–H and O–H groups in total. The number of carbonyl (C=O) groups excluding carboxylic acids is 1. The van der Waals surface area contributed by atoms with Crippen molar-refractivity contribution in [2.45, 2.75) is 19.9 Å². The van der Waals surface area contributed by atoms with E-state index in [1.54, 1.807) is 10.8 Å². The van der Waals surface area contributed by atoms with Crippen LogP contribution in [0.25, 0.3) is 0 Å². The summed E-state index contributed by atoms with van der Waals surface area (Å²) < 4.78 is 28.6. The van der Waals surface area contributed by atoms with Crippen molar-refractivity contribution >= 4 is 17.3 Å². The fourth-order valence-electron chi connectivity index (χ4n) is 1.94. The number of anilines is 2. The number of aromatic nitrogens is 1. The van der Waals surface area contributed by atoms with Crippen LogP contribution in [0.15, 0.2) is 30.5 Å². The highest BCUT2D eigenvalue weighted by Gasteiger charge is 2.16. The first-order chi connectivity index (χ1) is 9.52. The SMILES string of the molecule is CCCn1cc(N)cc1C(=O)Nc1c(F)cccc1F. The summed E-state index contributed by atoms with van der Waals surface area (Å²) in [5, 5.41) is 2.24. The van der Waals surface area contributed by atoms with E-state index in [2.05, 4.69) is 5.32 Å². The van der Waals surface area contributed by atoms with Gasteiger partial charge in [-0.2, -0.15) is 0 Å². The van der Waals surface area contributed by atoms with Crippen LogP contribution < -0.4 is 11.1 Å². The average molecular weight is 279 g/mol. The summed E-state index contributed by atoms with van der Waals surface area (Å²) in [7, 11) is 0. The third-order valence-corrected chi connectivity index (χ3v) is 2.82. The monoisotopic (exact) mass is 279 g/mol. The molecule has 0 spiro atoms. The normalized spacial score (nSPS) is 10.6. The molecule has 2 aromatic rings.